The van der Waals surface area contributed by atoms with Crippen LogP contribution < -0.4 is 14.8 Å². The van der Waals surface area contributed by atoms with Crippen LogP contribution in [0, 0.1) is 0 Å². The number of benzene rings is 1. The van der Waals surface area contributed by atoms with E-state index < -0.39 is 11.9 Å². The fourth-order valence-corrected chi connectivity index (χ4v) is 1.77. The maximum absolute atomic E-state index is 11.9. The molecule has 0 saturated carbocycles. The molecule has 0 spiro atoms. The molecule has 1 aromatic carbocycles. The van der Waals surface area contributed by atoms with E-state index in [2.05, 4.69) is 5.32 Å². The molecular formula is C14H15NO5. The zero-order chi connectivity index (χ0) is 14.7. The van der Waals surface area contributed by atoms with E-state index in [1.165, 1.54) is 13.8 Å². The van der Waals surface area contributed by atoms with Gasteiger partial charge in [-0.1, -0.05) is 12.1 Å². The Hall–Kier alpha value is -2.50. The maximum Gasteiger partial charge on any atom is 0.331 e. The van der Waals surface area contributed by atoms with Crippen molar-refractivity contribution in [3.63, 3.8) is 0 Å². The molecule has 0 radical (unpaired) electrons. The van der Waals surface area contributed by atoms with Crippen molar-refractivity contribution in [3.05, 3.63) is 34.9 Å². The van der Waals surface area contributed by atoms with Crippen LogP contribution in [0.1, 0.15) is 19.4 Å². The summed E-state index contributed by atoms with van der Waals surface area (Å²) < 4.78 is 10.6. The molecule has 0 unspecified atom stereocenters. The minimum absolute atomic E-state index is 0.0281. The van der Waals surface area contributed by atoms with Gasteiger partial charge in [-0.2, -0.15) is 0 Å². The summed E-state index contributed by atoms with van der Waals surface area (Å²) in [6.45, 7) is 3.29. The van der Waals surface area contributed by atoms with Crippen LogP contribution >= 0.6 is 0 Å². The SMILES string of the molecule is CC(C(=O)O)=C(C)C(=O)NCc1cccc2c1OCO2. The van der Waals surface area contributed by atoms with Crippen LogP contribution in [0.25, 0.3) is 0 Å². The number of ether oxygens (including phenoxy) is 2. The van der Waals surface area contributed by atoms with Gasteiger partial charge in [0.15, 0.2) is 11.5 Å². The third-order valence-electron chi connectivity index (χ3n) is 3.14. The molecule has 0 atom stereocenters. The Balaban J connectivity index is 2.07. The molecule has 2 rings (SSSR count). The third kappa shape index (κ3) is 2.74. The second-order valence-corrected chi connectivity index (χ2v) is 4.39. The number of rotatable bonds is 4. The topological polar surface area (TPSA) is 84.9 Å². The predicted molar refractivity (Wildman–Crippen MR) is 70.4 cm³/mol. The van der Waals surface area contributed by atoms with Gasteiger partial charge in [0.2, 0.25) is 12.7 Å². The summed E-state index contributed by atoms with van der Waals surface area (Å²) in [6, 6.07) is 5.41. The molecule has 6 nitrogen and oxygen atoms in total. The molecule has 20 heavy (non-hydrogen) atoms. The van der Waals surface area contributed by atoms with Crippen molar-refractivity contribution in [1.82, 2.24) is 5.32 Å². The average Bonchev–Trinajstić information content (AvgIpc) is 2.91. The first-order valence-electron chi connectivity index (χ1n) is 6.07. The van der Waals surface area contributed by atoms with E-state index in [0.717, 1.165) is 5.56 Å². The number of carboxylic acids is 1. The minimum atomic E-state index is -1.10. The van der Waals surface area contributed by atoms with Gasteiger partial charge >= 0.3 is 5.97 Å². The Bertz CT molecular complexity index is 591. The average molecular weight is 277 g/mol. The van der Waals surface area contributed by atoms with E-state index in [0.29, 0.717) is 11.5 Å². The van der Waals surface area contributed by atoms with Crippen molar-refractivity contribution in [2.24, 2.45) is 0 Å². The van der Waals surface area contributed by atoms with E-state index in [1.807, 2.05) is 6.07 Å². The molecular weight excluding hydrogens is 262 g/mol. The number of carbonyl (C=O) groups is 2. The molecule has 0 saturated heterocycles. The molecule has 6 heteroatoms. The number of aliphatic carboxylic acids is 1. The van der Waals surface area contributed by atoms with Gasteiger partial charge in [0.25, 0.3) is 0 Å². The van der Waals surface area contributed by atoms with Crippen molar-refractivity contribution in [2.75, 3.05) is 6.79 Å². The third-order valence-corrected chi connectivity index (χ3v) is 3.14. The van der Waals surface area contributed by atoms with E-state index in [9.17, 15) is 9.59 Å². The van der Waals surface area contributed by atoms with Crippen LogP contribution in [-0.4, -0.2) is 23.8 Å². The fourth-order valence-electron chi connectivity index (χ4n) is 1.77. The first kappa shape index (κ1) is 13.9. The zero-order valence-electron chi connectivity index (χ0n) is 11.2. The summed E-state index contributed by atoms with van der Waals surface area (Å²) in [6.07, 6.45) is 0. The number of carbonyl (C=O) groups excluding carboxylic acids is 1. The van der Waals surface area contributed by atoms with Gasteiger partial charge in [-0.3, -0.25) is 4.79 Å². The van der Waals surface area contributed by atoms with Gasteiger partial charge in [0.05, 0.1) is 0 Å². The summed E-state index contributed by atoms with van der Waals surface area (Å²) in [7, 11) is 0. The maximum atomic E-state index is 11.9. The lowest BCUT2D eigenvalue weighted by Crippen LogP contribution is -2.25. The quantitative estimate of drug-likeness (QED) is 0.814. The first-order valence-corrected chi connectivity index (χ1v) is 6.07. The van der Waals surface area contributed by atoms with Gasteiger partial charge in [-0.05, 0) is 19.9 Å². The van der Waals surface area contributed by atoms with Crippen molar-refractivity contribution >= 4 is 11.9 Å². The Labute approximate surface area is 116 Å². The minimum Gasteiger partial charge on any atom is -0.478 e. The number of nitrogens with one attached hydrogen (secondary N) is 1. The summed E-state index contributed by atoms with van der Waals surface area (Å²) in [4.78, 5) is 22.7. The normalized spacial score (nSPS) is 13.7. The molecule has 1 aliphatic heterocycles. The van der Waals surface area contributed by atoms with Crippen molar-refractivity contribution < 1.29 is 24.2 Å². The molecule has 0 fully saturated rings. The number of carboxylic acid groups (broad SMARTS) is 1. The van der Waals surface area contributed by atoms with Gasteiger partial charge in [0.1, 0.15) is 0 Å². The highest BCUT2D eigenvalue weighted by atomic mass is 16.7. The van der Waals surface area contributed by atoms with E-state index in [4.69, 9.17) is 14.6 Å². The number of hydrogen-bond donors (Lipinski definition) is 2. The number of hydrogen-bond acceptors (Lipinski definition) is 4. The summed E-state index contributed by atoms with van der Waals surface area (Å²) in [5.74, 6) is -0.258. The lowest BCUT2D eigenvalue weighted by Gasteiger charge is -2.09. The first-order chi connectivity index (χ1) is 9.50. The standard InChI is InChI=1S/C14H15NO5/c1-8(9(2)14(17)18)13(16)15-6-10-4-3-5-11-12(10)20-7-19-11/h3-5H,6-7H2,1-2H3,(H,15,16)(H,17,18). The smallest absolute Gasteiger partial charge is 0.331 e. The lowest BCUT2D eigenvalue weighted by molar-refractivity contribution is -0.133. The number of para-hydroxylation sites is 1. The van der Waals surface area contributed by atoms with E-state index in [-0.39, 0.29) is 24.5 Å². The van der Waals surface area contributed by atoms with E-state index in [1.54, 1.807) is 12.1 Å². The van der Waals surface area contributed by atoms with Gasteiger partial charge in [-0.25, -0.2) is 4.79 Å². The van der Waals surface area contributed by atoms with Crippen molar-refractivity contribution in [1.29, 1.82) is 0 Å². The fraction of sp³-hybridized carbons (Fsp3) is 0.286. The highest BCUT2D eigenvalue weighted by molar-refractivity contribution is 6.01. The Morgan fingerprint density at radius 1 is 1.25 bits per heavy atom. The molecule has 0 aromatic heterocycles. The molecule has 1 amide bonds. The van der Waals surface area contributed by atoms with Crippen LogP contribution in [0.3, 0.4) is 0 Å². The highest BCUT2D eigenvalue weighted by Gasteiger charge is 2.18. The van der Waals surface area contributed by atoms with Crippen LogP contribution in [-0.2, 0) is 16.1 Å². The highest BCUT2D eigenvalue weighted by Crippen LogP contribution is 2.35. The summed E-state index contributed by atoms with van der Waals surface area (Å²) in [5, 5.41) is 11.5. The van der Waals surface area contributed by atoms with Crippen molar-refractivity contribution in [3.8, 4) is 11.5 Å². The number of fused-ring (bicyclic) bond motifs is 1. The lowest BCUT2D eigenvalue weighted by atomic mass is 10.1. The van der Waals surface area contributed by atoms with Crippen LogP contribution in [0.2, 0.25) is 0 Å². The molecule has 0 bridgehead atoms. The molecule has 1 heterocycles. The largest absolute Gasteiger partial charge is 0.478 e. The van der Waals surface area contributed by atoms with Crippen LogP contribution in [0.15, 0.2) is 29.3 Å². The Morgan fingerprint density at radius 3 is 2.70 bits per heavy atom. The van der Waals surface area contributed by atoms with E-state index >= 15 is 0 Å². The molecule has 1 aromatic rings. The molecule has 2 N–H and O–H groups in total. The second-order valence-electron chi connectivity index (χ2n) is 4.39. The predicted octanol–water partition coefficient (Wildman–Crippen LogP) is 1.45. The summed E-state index contributed by atoms with van der Waals surface area (Å²) in [5.41, 5.74) is 0.997. The van der Waals surface area contributed by atoms with Crippen molar-refractivity contribution in [2.45, 2.75) is 20.4 Å². The monoisotopic (exact) mass is 277 g/mol. The number of amides is 1. The molecule has 0 aliphatic carbocycles. The Kier molecular flexibility index (Phi) is 3.93. The van der Waals surface area contributed by atoms with Gasteiger partial charge in [0, 0.05) is 23.3 Å². The zero-order valence-corrected chi connectivity index (χ0v) is 11.2. The van der Waals surface area contributed by atoms with Crippen LogP contribution in [0.4, 0.5) is 0 Å². The molecule has 1 aliphatic rings. The second kappa shape index (κ2) is 5.64. The Morgan fingerprint density at radius 2 is 2.00 bits per heavy atom. The van der Waals surface area contributed by atoms with Crippen LogP contribution in [0.5, 0.6) is 11.5 Å². The van der Waals surface area contributed by atoms with Gasteiger partial charge < -0.3 is 19.9 Å². The molecule has 106 valence electrons. The van der Waals surface area contributed by atoms with Gasteiger partial charge in [-0.15, -0.1) is 0 Å². The summed E-state index contributed by atoms with van der Waals surface area (Å²) >= 11 is 0.